The maximum Gasteiger partial charge on any atom is 0.181 e. The normalized spacial score (nSPS) is 9.86. The first-order chi connectivity index (χ1) is 10.2. The molecule has 1 unspecified atom stereocenters. The van der Waals surface area contributed by atoms with Gasteiger partial charge in [0.15, 0.2) is 5.78 Å². The van der Waals surface area contributed by atoms with Crippen molar-refractivity contribution in [1.29, 1.82) is 0 Å². The zero-order valence-corrected chi connectivity index (χ0v) is 14.6. The molecule has 0 aliphatic carbocycles. The van der Waals surface area contributed by atoms with E-state index in [0.717, 1.165) is 5.56 Å². The van der Waals surface area contributed by atoms with Gasteiger partial charge in [-0.1, -0.05) is 46.3 Å². The van der Waals surface area contributed by atoms with Gasteiger partial charge in [0.05, 0.1) is 0 Å². The van der Waals surface area contributed by atoms with Gasteiger partial charge in [-0.05, 0) is 49.2 Å². The van der Waals surface area contributed by atoms with Crippen LogP contribution in [0.2, 0.25) is 0 Å². The summed E-state index contributed by atoms with van der Waals surface area (Å²) in [6, 6.07) is 13.1. The second-order valence-corrected chi connectivity index (χ2v) is 5.04. The van der Waals surface area contributed by atoms with Crippen molar-refractivity contribution in [3.05, 3.63) is 66.0 Å². The van der Waals surface area contributed by atoms with Gasteiger partial charge in [0.2, 0.25) is 0 Å². The molecule has 0 radical (unpaired) electrons. The summed E-state index contributed by atoms with van der Waals surface area (Å²) in [6.07, 6.45) is 3.25. The number of aromatic nitrogens is 1. The molecule has 0 aliphatic heterocycles. The fraction of sp³-hybridized carbons (Fsp3) is 0.133. The van der Waals surface area contributed by atoms with E-state index >= 15 is 0 Å². The average molecular weight is 383 g/mol. The number of alkyl halides is 1. The number of nitrogens with two attached hydrogens (primary N) is 1. The monoisotopic (exact) mass is 382 g/mol. The number of carbonyl (C=O) groups is 1. The molecule has 0 bridgehead atoms. The van der Waals surface area contributed by atoms with Crippen molar-refractivity contribution < 1.29 is 4.79 Å². The van der Waals surface area contributed by atoms with Crippen molar-refractivity contribution in [1.82, 2.24) is 4.98 Å². The van der Waals surface area contributed by atoms with Crippen LogP contribution in [-0.4, -0.2) is 22.1 Å². The second kappa shape index (κ2) is 12.4. The molecule has 3 nitrogen and oxygen atoms in total. The number of nitrogens with zero attached hydrogens (tertiary/aromatic N) is 1. The Bertz CT molecular complexity index is 558. The summed E-state index contributed by atoms with van der Waals surface area (Å²) in [7, 11) is 1.50. The molecule has 0 saturated carbocycles. The number of rotatable bonds is 3. The lowest BCUT2D eigenvalue weighted by atomic mass is 10.0. The van der Waals surface area contributed by atoms with Gasteiger partial charge < -0.3 is 5.73 Å². The minimum atomic E-state index is -0.295. The number of benzene rings is 1. The number of pyridine rings is 1. The van der Waals surface area contributed by atoms with Gasteiger partial charge in [-0.2, -0.15) is 0 Å². The SMILES string of the molecule is CN.O=C(c1ccncc1)C(Br)c1ccccc1.S=C=S. The minimum Gasteiger partial charge on any atom is -0.333 e. The van der Waals surface area contributed by atoms with Gasteiger partial charge in [-0.3, -0.25) is 9.78 Å². The third kappa shape index (κ3) is 7.32. The minimum absolute atomic E-state index is 0.0496. The maximum atomic E-state index is 12.1. The van der Waals surface area contributed by atoms with Crippen molar-refractivity contribution in [2.45, 2.75) is 4.83 Å². The van der Waals surface area contributed by atoms with Crippen LogP contribution >= 0.6 is 40.4 Å². The highest BCUT2D eigenvalue weighted by atomic mass is 79.9. The number of halogens is 1. The van der Waals surface area contributed by atoms with Crippen LogP contribution in [0.4, 0.5) is 0 Å². The van der Waals surface area contributed by atoms with Crippen molar-refractivity contribution in [3.63, 3.8) is 0 Å². The first-order valence-corrected chi connectivity index (χ1v) is 7.64. The van der Waals surface area contributed by atoms with Crippen LogP contribution in [0.5, 0.6) is 0 Å². The molecule has 110 valence electrons. The number of hydrogen-bond donors (Lipinski definition) is 1. The molecule has 1 aromatic carbocycles. The Morgan fingerprint density at radius 2 is 1.62 bits per heavy atom. The van der Waals surface area contributed by atoms with E-state index in [2.05, 4.69) is 51.1 Å². The molecule has 2 aromatic rings. The predicted molar refractivity (Wildman–Crippen MR) is 97.0 cm³/mol. The highest BCUT2D eigenvalue weighted by molar-refractivity contribution is 9.09. The van der Waals surface area contributed by atoms with Crippen LogP contribution in [0.3, 0.4) is 0 Å². The molecule has 1 heterocycles. The third-order valence-electron chi connectivity index (χ3n) is 2.29. The highest BCUT2D eigenvalue weighted by Gasteiger charge is 2.18. The number of ketones is 1. The summed E-state index contributed by atoms with van der Waals surface area (Å²) in [6.45, 7) is 0. The van der Waals surface area contributed by atoms with Crippen LogP contribution in [0.1, 0.15) is 20.7 Å². The Morgan fingerprint density at radius 1 is 1.14 bits per heavy atom. The molecular weight excluding hydrogens is 368 g/mol. The van der Waals surface area contributed by atoms with E-state index in [-0.39, 0.29) is 10.6 Å². The lowest BCUT2D eigenvalue weighted by Gasteiger charge is -2.08. The van der Waals surface area contributed by atoms with Crippen LogP contribution in [-0.2, 0) is 0 Å². The molecule has 21 heavy (non-hydrogen) atoms. The molecule has 1 atom stereocenters. The van der Waals surface area contributed by atoms with Gasteiger partial charge >= 0.3 is 0 Å². The summed E-state index contributed by atoms with van der Waals surface area (Å²) in [4.78, 5) is 15.7. The number of Topliss-reactive ketones (excluding diaryl/α,β-unsaturated/α-hetero) is 1. The molecule has 0 fully saturated rings. The Hall–Kier alpha value is -1.30. The number of hydrogen-bond acceptors (Lipinski definition) is 5. The smallest absolute Gasteiger partial charge is 0.181 e. The van der Waals surface area contributed by atoms with Crippen molar-refractivity contribution in [2.75, 3.05) is 7.05 Å². The van der Waals surface area contributed by atoms with Crippen LogP contribution in [0.25, 0.3) is 0 Å². The fourth-order valence-corrected chi connectivity index (χ4v) is 2.01. The van der Waals surface area contributed by atoms with E-state index < -0.39 is 0 Å². The summed E-state index contributed by atoms with van der Waals surface area (Å²) in [5, 5.41) is 0. The summed E-state index contributed by atoms with van der Waals surface area (Å²) >= 11 is 11.3. The summed E-state index contributed by atoms with van der Waals surface area (Å²) in [5.74, 6) is 0.0496. The molecule has 0 spiro atoms. The lowest BCUT2D eigenvalue weighted by molar-refractivity contribution is 0.0991. The first-order valence-electron chi connectivity index (χ1n) is 5.91. The number of thiocarbonyl (C=S) groups is 2. The van der Waals surface area contributed by atoms with E-state index in [4.69, 9.17) is 0 Å². The summed E-state index contributed by atoms with van der Waals surface area (Å²) in [5.41, 5.74) is 6.13. The van der Waals surface area contributed by atoms with Crippen LogP contribution in [0.15, 0.2) is 54.9 Å². The van der Waals surface area contributed by atoms with Crippen molar-refractivity contribution in [2.24, 2.45) is 5.73 Å². The van der Waals surface area contributed by atoms with Gasteiger partial charge in [0, 0.05) is 22.3 Å². The summed E-state index contributed by atoms with van der Waals surface area (Å²) < 4.78 is 1.92. The molecule has 0 amide bonds. The standard InChI is InChI=1S/C13H10BrNO.CH5N.CS2/c14-12(10-4-2-1-3-5-10)13(16)11-6-8-15-9-7-11;1-2;2-1-3/h1-9,12H;2H2,1H3;. The highest BCUT2D eigenvalue weighted by Crippen LogP contribution is 2.26. The van der Waals surface area contributed by atoms with Gasteiger partial charge in [0.1, 0.15) is 4.83 Å². The van der Waals surface area contributed by atoms with Crippen molar-refractivity contribution in [3.8, 4) is 0 Å². The molecule has 6 heteroatoms. The quantitative estimate of drug-likeness (QED) is 0.493. The Kier molecular flexibility index (Phi) is 11.7. The third-order valence-corrected chi connectivity index (χ3v) is 3.23. The number of carbonyl (C=O) groups excluding carboxylic acids is 1. The van der Waals surface area contributed by atoms with E-state index in [1.165, 1.54) is 7.05 Å². The topological polar surface area (TPSA) is 56.0 Å². The largest absolute Gasteiger partial charge is 0.333 e. The molecule has 0 saturated heterocycles. The van der Waals surface area contributed by atoms with E-state index in [1.54, 1.807) is 24.5 Å². The Labute approximate surface area is 143 Å². The fourth-order valence-electron chi connectivity index (χ4n) is 1.44. The average Bonchev–Trinajstić information content (AvgIpc) is 2.58. The van der Waals surface area contributed by atoms with Gasteiger partial charge in [-0.25, -0.2) is 0 Å². The zero-order chi connectivity index (χ0) is 16.1. The van der Waals surface area contributed by atoms with Crippen LogP contribution < -0.4 is 5.73 Å². The van der Waals surface area contributed by atoms with Crippen LogP contribution in [0, 0.1) is 0 Å². The predicted octanol–water partition coefficient (Wildman–Crippen LogP) is 3.99. The van der Waals surface area contributed by atoms with E-state index in [0.29, 0.717) is 5.56 Å². The lowest BCUT2D eigenvalue weighted by Crippen LogP contribution is -2.06. The molecule has 1 aromatic heterocycles. The Morgan fingerprint density at radius 3 is 2.10 bits per heavy atom. The molecular formula is C15H15BrN2OS2. The van der Waals surface area contributed by atoms with Gasteiger partial charge in [0.25, 0.3) is 0 Å². The molecule has 0 aliphatic rings. The maximum absolute atomic E-state index is 12.1. The zero-order valence-electron chi connectivity index (χ0n) is 11.4. The van der Waals surface area contributed by atoms with Gasteiger partial charge in [-0.15, -0.1) is 0 Å². The van der Waals surface area contributed by atoms with E-state index in [1.807, 2.05) is 34.6 Å². The molecule has 2 rings (SSSR count). The molecule has 2 N–H and O–H groups in total. The first kappa shape index (κ1) is 19.7. The van der Waals surface area contributed by atoms with E-state index in [9.17, 15) is 4.79 Å². The Balaban J connectivity index is 0.000000713. The second-order valence-electron chi connectivity index (χ2n) is 3.46. The van der Waals surface area contributed by atoms with Crippen molar-refractivity contribution >= 4 is 50.5 Å².